The highest BCUT2D eigenvalue weighted by molar-refractivity contribution is 7.89. The SMILES string of the molecule is CCCNCc1cc(S(=O)(=O)NCCC2CCC2)c(C)o1. The second-order valence-corrected chi connectivity index (χ2v) is 7.53. The van der Waals surface area contributed by atoms with Crippen LogP contribution in [0.15, 0.2) is 15.4 Å². The standard InChI is InChI=1S/C15H26N2O3S/c1-3-8-16-11-14-10-15(12(2)20-14)21(18,19)17-9-7-13-5-4-6-13/h10,13,16-17H,3-9,11H2,1-2H3. The summed E-state index contributed by atoms with van der Waals surface area (Å²) in [5.41, 5.74) is 0. The van der Waals surface area contributed by atoms with E-state index in [0.717, 1.165) is 19.4 Å². The Kier molecular flexibility index (Phi) is 5.84. The first-order chi connectivity index (χ1) is 10.0. The maximum absolute atomic E-state index is 12.3. The zero-order chi connectivity index (χ0) is 15.3. The van der Waals surface area contributed by atoms with Gasteiger partial charge in [-0.3, -0.25) is 0 Å². The second kappa shape index (κ2) is 7.42. The van der Waals surface area contributed by atoms with Gasteiger partial charge in [0.2, 0.25) is 10.0 Å². The Labute approximate surface area is 127 Å². The van der Waals surface area contributed by atoms with Gasteiger partial charge in [-0.1, -0.05) is 26.2 Å². The molecule has 0 aromatic carbocycles. The molecule has 1 aliphatic rings. The summed E-state index contributed by atoms with van der Waals surface area (Å²) < 4.78 is 32.8. The fraction of sp³-hybridized carbons (Fsp3) is 0.733. The van der Waals surface area contributed by atoms with E-state index >= 15 is 0 Å². The van der Waals surface area contributed by atoms with Crippen molar-refractivity contribution in [1.29, 1.82) is 0 Å². The van der Waals surface area contributed by atoms with E-state index in [0.29, 0.717) is 30.5 Å². The third-order valence-electron chi connectivity index (χ3n) is 4.01. The van der Waals surface area contributed by atoms with E-state index in [4.69, 9.17) is 4.42 Å². The normalized spacial score (nSPS) is 16.1. The van der Waals surface area contributed by atoms with Crippen molar-refractivity contribution in [2.45, 2.75) is 57.4 Å². The lowest BCUT2D eigenvalue weighted by Crippen LogP contribution is -2.27. The number of furan rings is 1. The lowest BCUT2D eigenvalue weighted by atomic mass is 9.83. The minimum atomic E-state index is -3.45. The summed E-state index contributed by atoms with van der Waals surface area (Å²) in [7, 11) is -3.45. The van der Waals surface area contributed by atoms with Crippen LogP contribution in [-0.4, -0.2) is 21.5 Å². The monoisotopic (exact) mass is 314 g/mol. The molecule has 0 unspecified atom stereocenters. The van der Waals surface area contributed by atoms with E-state index in [9.17, 15) is 8.42 Å². The van der Waals surface area contributed by atoms with Crippen molar-refractivity contribution in [3.05, 3.63) is 17.6 Å². The van der Waals surface area contributed by atoms with Crippen LogP contribution >= 0.6 is 0 Å². The van der Waals surface area contributed by atoms with Crippen molar-refractivity contribution in [3.8, 4) is 0 Å². The highest BCUT2D eigenvalue weighted by Crippen LogP contribution is 2.29. The molecule has 2 N–H and O–H groups in total. The fourth-order valence-electron chi connectivity index (χ4n) is 2.52. The van der Waals surface area contributed by atoms with Crippen molar-refractivity contribution in [3.63, 3.8) is 0 Å². The lowest BCUT2D eigenvalue weighted by molar-refractivity contribution is 0.297. The van der Waals surface area contributed by atoms with Crippen LogP contribution in [0.1, 0.15) is 50.5 Å². The Balaban J connectivity index is 1.91. The maximum atomic E-state index is 12.3. The van der Waals surface area contributed by atoms with Gasteiger partial charge in [-0.25, -0.2) is 13.1 Å². The van der Waals surface area contributed by atoms with Gasteiger partial charge in [-0.05, 0) is 32.2 Å². The average Bonchev–Trinajstić information content (AvgIpc) is 2.75. The molecule has 1 saturated carbocycles. The Bertz CT molecular complexity index is 547. The fourth-order valence-corrected chi connectivity index (χ4v) is 3.77. The van der Waals surface area contributed by atoms with Crippen LogP contribution in [0.4, 0.5) is 0 Å². The zero-order valence-corrected chi connectivity index (χ0v) is 13.8. The van der Waals surface area contributed by atoms with Gasteiger partial charge in [0.25, 0.3) is 0 Å². The highest BCUT2D eigenvalue weighted by atomic mass is 32.2. The summed E-state index contributed by atoms with van der Waals surface area (Å²) in [5, 5.41) is 3.21. The van der Waals surface area contributed by atoms with Gasteiger partial charge in [0.1, 0.15) is 16.4 Å². The number of hydrogen-bond acceptors (Lipinski definition) is 4. The van der Waals surface area contributed by atoms with Crippen LogP contribution < -0.4 is 10.0 Å². The maximum Gasteiger partial charge on any atom is 0.244 e. The number of rotatable bonds is 9. The molecule has 1 aromatic rings. The van der Waals surface area contributed by atoms with E-state index < -0.39 is 10.0 Å². The molecular weight excluding hydrogens is 288 g/mol. The third-order valence-corrected chi connectivity index (χ3v) is 5.58. The van der Waals surface area contributed by atoms with Crippen molar-refractivity contribution >= 4 is 10.0 Å². The molecule has 1 aromatic heterocycles. The van der Waals surface area contributed by atoms with E-state index in [2.05, 4.69) is 17.0 Å². The van der Waals surface area contributed by atoms with Crippen LogP contribution in [-0.2, 0) is 16.6 Å². The van der Waals surface area contributed by atoms with Gasteiger partial charge in [0.05, 0.1) is 6.54 Å². The second-order valence-electron chi connectivity index (χ2n) is 5.79. The predicted octanol–water partition coefficient (Wildman–Crippen LogP) is 2.56. The molecule has 1 aliphatic carbocycles. The van der Waals surface area contributed by atoms with E-state index in [1.54, 1.807) is 13.0 Å². The topological polar surface area (TPSA) is 71.3 Å². The molecule has 0 spiro atoms. The number of hydrogen-bond donors (Lipinski definition) is 2. The summed E-state index contributed by atoms with van der Waals surface area (Å²) >= 11 is 0. The smallest absolute Gasteiger partial charge is 0.244 e. The number of aryl methyl sites for hydroxylation is 1. The van der Waals surface area contributed by atoms with Gasteiger partial charge < -0.3 is 9.73 Å². The van der Waals surface area contributed by atoms with Gasteiger partial charge >= 0.3 is 0 Å². The molecule has 0 bridgehead atoms. The van der Waals surface area contributed by atoms with Crippen molar-refractivity contribution < 1.29 is 12.8 Å². The van der Waals surface area contributed by atoms with Gasteiger partial charge in [0, 0.05) is 12.6 Å². The summed E-state index contributed by atoms with van der Waals surface area (Å²) in [6, 6.07) is 1.63. The van der Waals surface area contributed by atoms with E-state index in [1.165, 1.54) is 19.3 Å². The predicted molar refractivity (Wildman–Crippen MR) is 82.6 cm³/mol. The minimum Gasteiger partial charge on any atom is -0.464 e. The van der Waals surface area contributed by atoms with Crippen LogP contribution in [0, 0.1) is 12.8 Å². The molecule has 2 rings (SSSR count). The largest absolute Gasteiger partial charge is 0.464 e. The van der Waals surface area contributed by atoms with Gasteiger partial charge in [0.15, 0.2) is 0 Å². The van der Waals surface area contributed by atoms with E-state index in [-0.39, 0.29) is 4.90 Å². The zero-order valence-electron chi connectivity index (χ0n) is 12.9. The molecule has 0 aliphatic heterocycles. The van der Waals surface area contributed by atoms with Crippen molar-refractivity contribution in [1.82, 2.24) is 10.0 Å². The Morgan fingerprint density at radius 3 is 2.71 bits per heavy atom. The molecule has 6 heteroatoms. The van der Waals surface area contributed by atoms with Crippen LogP contribution in [0.25, 0.3) is 0 Å². The number of sulfonamides is 1. The first-order valence-electron chi connectivity index (χ1n) is 7.82. The molecule has 0 atom stereocenters. The molecule has 0 radical (unpaired) electrons. The van der Waals surface area contributed by atoms with Crippen molar-refractivity contribution in [2.75, 3.05) is 13.1 Å². The summed E-state index contributed by atoms with van der Waals surface area (Å²) in [4.78, 5) is 0.268. The molecular formula is C15H26N2O3S. The summed E-state index contributed by atoms with van der Waals surface area (Å²) in [6.07, 6.45) is 5.72. The Morgan fingerprint density at radius 2 is 2.10 bits per heavy atom. The molecule has 0 saturated heterocycles. The summed E-state index contributed by atoms with van der Waals surface area (Å²) in [6.45, 7) is 5.75. The van der Waals surface area contributed by atoms with E-state index in [1.807, 2.05) is 0 Å². The Morgan fingerprint density at radius 1 is 1.33 bits per heavy atom. The quantitative estimate of drug-likeness (QED) is 0.687. The molecule has 5 nitrogen and oxygen atoms in total. The van der Waals surface area contributed by atoms with Gasteiger partial charge in [-0.2, -0.15) is 0 Å². The van der Waals surface area contributed by atoms with Crippen molar-refractivity contribution in [2.24, 2.45) is 5.92 Å². The molecule has 21 heavy (non-hydrogen) atoms. The first kappa shape index (κ1) is 16.5. The Hall–Kier alpha value is -0.850. The van der Waals surface area contributed by atoms with Gasteiger partial charge in [-0.15, -0.1) is 0 Å². The van der Waals surface area contributed by atoms with Crippen LogP contribution in [0.2, 0.25) is 0 Å². The summed E-state index contributed by atoms with van der Waals surface area (Å²) in [5.74, 6) is 1.83. The van der Waals surface area contributed by atoms with Crippen LogP contribution in [0.3, 0.4) is 0 Å². The molecule has 120 valence electrons. The first-order valence-corrected chi connectivity index (χ1v) is 9.31. The number of nitrogens with one attached hydrogen (secondary N) is 2. The lowest BCUT2D eigenvalue weighted by Gasteiger charge is -2.25. The molecule has 1 fully saturated rings. The average molecular weight is 314 g/mol. The third kappa shape index (κ3) is 4.56. The minimum absolute atomic E-state index is 0.268. The highest BCUT2D eigenvalue weighted by Gasteiger charge is 2.22. The molecule has 0 amide bonds. The molecule has 1 heterocycles. The van der Waals surface area contributed by atoms with Crippen LogP contribution in [0.5, 0.6) is 0 Å².